The highest BCUT2D eigenvalue weighted by Gasteiger charge is 2.19. The van der Waals surface area contributed by atoms with E-state index in [4.69, 9.17) is 30.7 Å². The van der Waals surface area contributed by atoms with E-state index in [0.29, 0.717) is 34.7 Å². The van der Waals surface area contributed by atoms with Crippen LogP contribution in [0.5, 0.6) is 17.4 Å². The van der Waals surface area contributed by atoms with Crippen molar-refractivity contribution >= 4 is 28.5 Å². The molecule has 2 aromatic carbocycles. The fraction of sp³-hybridized carbons (Fsp3) is 0.174. The molecule has 0 saturated carbocycles. The Morgan fingerprint density at radius 1 is 1.19 bits per heavy atom. The fourth-order valence-corrected chi connectivity index (χ4v) is 3.40. The van der Waals surface area contributed by atoms with E-state index >= 15 is 0 Å². The van der Waals surface area contributed by atoms with Crippen molar-refractivity contribution in [3.05, 3.63) is 65.1 Å². The molecule has 164 valence electrons. The number of pyridine rings is 1. The quantitative estimate of drug-likeness (QED) is 0.353. The van der Waals surface area contributed by atoms with E-state index in [0.717, 1.165) is 17.7 Å². The van der Waals surface area contributed by atoms with Gasteiger partial charge < -0.3 is 19.1 Å². The number of carboxylic acids is 1. The van der Waals surface area contributed by atoms with Crippen molar-refractivity contribution in [2.75, 3.05) is 6.61 Å². The SMILES string of the molecule is CCCc1nc(Oc2ccc(F)cc2)ccc1-c1noc2cc(Cl)c(OCC(=O)O)cc12. The third kappa shape index (κ3) is 4.65. The van der Waals surface area contributed by atoms with Crippen LogP contribution in [0.1, 0.15) is 19.0 Å². The van der Waals surface area contributed by atoms with Crippen LogP contribution >= 0.6 is 11.6 Å². The monoisotopic (exact) mass is 456 g/mol. The van der Waals surface area contributed by atoms with Crippen molar-refractivity contribution in [2.24, 2.45) is 0 Å². The van der Waals surface area contributed by atoms with Gasteiger partial charge in [-0.25, -0.2) is 14.2 Å². The maximum Gasteiger partial charge on any atom is 0.341 e. The van der Waals surface area contributed by atoms with Crippen molar-refractivity contribution in [3.8, 4) is 28.6 Å². The summed E-state index contributed by atoms with van der Waals surface area (Å²) in [7, 11) is 0. The summed E-state index contributed by atoms with van der Waals surface area (Å²) in [6.07, 6.45) is 1.48. The summed E-state index contributed by atoms with van der Waals surface area (Å²) in [6, 6.07) is 12.3. The predicted octanol–water partition coefficient (Wildman–Crippen LogP) is 5.89. The lowest BCUT2D eigenvalue weighted by molar-refractivity contribution is -0.139. The van der Waals surface area contributed by atoms with Crippen molar-refractivity contribution in [2.45, 2.75) is 19.8 Å². The number of carboxylic acid groups (broad SMARTS) is 1. The van der Waals surface area contributed by atoms with Gasteiger partial charge in [-0.05, 0) is 42.8 Å². The topological polar surface area (TPSA) is 94.7 Å². The molecule has 0 fully saturated rings. The van der Waals surface area contributed by atoms with E-state index in [2.05, 4.69) is 10.1 Å². The number of halogens is 2. The zero-order chi connectivity index (χ0) is 22.7. The van der Waals surface area contributed by atoms with Gasteiger partial charge in [-0.1, -0.05) is 30.1 Å². The van der Waals surface area contributed by atoms with Crippen molar-refractivity contribution in [1.29, 1.82) is 0 Å². The summed E-state index contributed by atoms with van der Waals surface area (Å²) < 4.78 is 29.6. The minimum Gasteiger partial charge on any atom is -0.480 e. The smallest absolute Gasteiger partial charge is 0.341 e. The van der Waals surface area contributed by atoms with Crippen LogP contribution < -0.4 is 9.47 Å². The van der Waals surface area contributed by atoms with Crippen LogP contribution in [-0.4, -0.2) is 27.8 Å². The summed E-state index contributed by atoms with van der Waals surface area (Å²) in [6.45, 7) is 1.50. The van der Waals surface area contributed by atoms with E-state index in [-0.39, 0.29) is 16.6 Å². The number of aliphatic carboxylic acids is 1. The van der Waals surface area contributed by atoms with Crippen LogP contribution in [0.4, 0.5) is 4.39 Å². The lowest BCUT2D eigenvalue weighted by atomic mass is 10.0. The van der Waals surface area contributed by atoms with Crippen molar-refractivity contribution in [1.82, 2.24) is 10.1 Å². The summed E-state index contributed by atoms with van der Waals surface area (Å²) in [5, 5.41) is 13.9. The lowest BCUT2D eigenvalue weighted by Gasteiger charge is -2.10. The van der Waals surface area contributed by atoms with Crippen molar-refractivity contribution in [3.63, 3.8) is 0 Å². The number of benzene rings is 2. The van der Waals surface area contributed by atoms with Gasteiger partial charge in [0.1, 0.15) is 23.0 Å². The van der Waals surface area contributed by atoms with Gasteiger partial charge in [-0.2, -0.15) is 0 Å². The minimum atomic E-state index is -1.11. The van der Waals surface area contributed by atoms with Gasteiger partial charge >= 0.3 is 5.97 Å². The molecule has 0 aliphatic carbocycles. The number of carbonyl (C=O) groups is 1. The number of fused-ring (bicyclic) bond motifs is 1. The first-order chi connectivity index (χ1) is 15.4. The first-order valence-electron chi connectivity index (χ1n) is 9.82. The summed E-state index contributed by atoms with van der Waals surface area (Å²) in [5.41, 5.74) is 2.44. The highest BCUT2D eigenvalue weighted by atomic mass is 35.5. The van der Waals surface area contributed by atoms with E-state index in [1.54, 1.807) is 12.1 Å². The Hall–Kier alpha value is -3.65. The maximum atomic E-state index is 13.1. The molecule has 32 heavy (non-hydrogen) atoms. The van der Waals surface area contributed by atoms with Crippen LogP contribution in [0.3, 0.4) is 0 Å². The molecule has 2 heterocycles. The van der Waals surface area contributed by atoms with Gasteiger partial charge in [-0.15, -0.1) is 0 Å². The molecule has 0 amide bonds. The first kappa shape index (κ1) is 21.6. The average molecular weight is 457 g/mol. The third-order valence-electron chi connectivity index (χ3n) is 4.60. The van der Waals surface area contributed by atoms with E-state index in [9.17, 15) is 9.18 Å². The second-order valence-corrected chi connectivity index (χ2v) is 7.35. The summed E-state index contributed by atoms with van der Waals surface area (Å²) in [5.74, 6) is -0.414. The molecule has 2 aromatic heterocycles. The Morgan fingerprint density at radius 3 is 2.69 bits per heavy atom. The number of hydrogen-bond acceptors (Lipinski definition) is 6. The standard InChI is InChI=1S/C23H18ClFN2O5/c1-2-3-18-15(8-9-21(26-18)31-14-6-4-13(25)5-7-14)23-16-10-20(30-12-22(28)29)17(24)11-19(16)32-27-23/h4-11H,2-3,12H2,1H3,(H,28,29). The third-order valence-corrected chi connectivity index (χ3v) is 4.90. The molecule has 0 radical (unpaired) electrons. The van der Waals surface area contributed by atoms with Crippen LogP contribution in [0, 0.1) is 5.82 Å². The Morgan fingerprint density at radius 2 is 1.97 bits per heavy atom. The number of hydrogen-bond donors (Lipinski definition) is 1. The minimum absolute atomic E-state index is 0.215. The molecule has 0 saturated heterocycles. The second kappa shape index (κ2) is 9.23. The molecule has 7 nitrogen and oxygen atoms in total. The van der Waals surface area contributed by atoms with E-state index in [1.165, 1.54) is 30.3 Å². The molecule has 0 atom stereocenters. The highest BCUT2D eigenvalue weighted by molar-refractivity contribution is 6.32. The number of nitrogens with zero attached hydrogens (tertiary/aromatic N) is 2. The molecule has 0 aliphatic rings. The molecule has 4 aromatic rings. The largest absolute Gasteiger partial charge is 0.480 e. The van der Waals surface area contributed by atoms with Crippen LogP contribution in [0.2, 0.25) is 5.02 Å². The molecule has 0 spiro atoms. The van der Waals surface area contributed by atoms with E-state index in [1.807, 2.05) is 13.0 Å². The van der Waals surface area contributed by atoms with Gasteiger partial charge in [-0.3, -0.25) is 0 Å². The lowest BCUT2D eigenvalue weighted by Crippen LogP contribution is -2.09. The fourth-order valence-electron chi connectivity index (χ4n) is 3.19. The zero-order valence-electron chi connectivity index (χ0n) is 17.0. The van der Waals surface area contributed by atoms with Gasteiger partial charge in [0.15, 0.2) is 12.2 Å². The molecule has 0 aliphatic heterocycles. The predicted molar refractivity (Wildman–Crippen MR) is 116 cm³/mol. The first-order valence-corrected chi connectivity index (χ1v) is 10.2. The number of aromatic nitrogens is 2. The molecular formula is C23H18ClFN2O5. The molecular weight excluding hydrogens is 439 g/mol. The molecule has 4 rings (SSSR count). The average Bonchev–Trinajstić information content (AvgIpc) is 3.16. The zero-order valence-corrected chi connectivity index (χ0v) is 17.7. The number of aryl methyl sites for hydroxylation is 1. The Labute approximate surface area is 187 Å². The Kier molecular flexibility index (Phi) is 6.23. The number of ether oxygens (including phenoxy) is 2. The molecule has 1 N–H and O–H groups in total. The maximum absolute atomic E-state index is 13.1. The second-order valence-electron chi connectivity index (χ2n) is 6.94. The van der Waals surface area contributed by atoms with Gasteiger partial charge in [0.25, 0.3) is 0 Å². The van der Waals surface area contributed by atoms with Gasteiger partial charge in [0.2, 0.25) is 5.88 Å². The Bertz CT molecular complexity index is 1270. The summed E-state index contributed by atoms with van der Waals surface area (Å²) >= 11 is 6.17. The van der Waals surface area contributed by atoms with Gasteiger partial charge in [0.05, 0.1) is 16.1 Å². The molecule has 9 heteroatoms. The van der Waals surface area contributed by atoms with Gasteiger partial charge in [0, 0.05) is 17.7 Å². The molecule has 0 bridgehead atoms. The highest BCUT2D eigenvalue weighted by Crippen LogP contribution is 2.37. The molecule has 0 unspecified atom stereocenters. The van der Waals surface area contributed by atoms with Crippen LogP contribution in [0.25, 0.3) is 22.2 Å². The number of rotatable bonds is 8. The van der Waals surface area contributed by atoms with Crippen LogP contribution in [0.15, 0.2) is 53.1 Å². The Balaban J connectivity index is 1.72. The van der Waals surface area contributed by atoms with E-state index < -0.39 is 12.6 Å². The summed E-state index contributed by atoms with van der Waals surface area (Å²) in [4.78, 5) is 15.5. The normalized spacial score (nSPS) is 11.0. The van der Waals surface area contributed by atoms with Crippen molar-refractivity contribution < 1.29 is 28.3 Å². The van der Waals surface area contributed by atoms with Crippen LogP contribution in [-0.2, 0) is 11.2 Å².